The molecule has 5 aromatic rings. The summed E-state index contributed by atoms with van der Waals surface area (Å²) in [5, 5.41) is 4.75. The van der Waals surface area contributed by atoms with Gasteiger partial charge in [0, 0.05) is 48.3 Å². The molecule has 8 rings (SSSR count). The standard InChI is InChI=1S/C34H37N9O2/c1-41-30-27(14-24(16-29(30)45-2)34(44)42-18-20-5-11-25(42)13-20)38-33(41)28-15-23-10-12-26(37-32(23)43(28)17-19-3-4-19)21-6-8-22(9-7-21)31(39-35)40-36/h6-10,12,14-16,19-20,25H,3-5,11,13,17-18,35-36H2,1-2H3,(H,39,40). The van der Waals surface area contributed by atoms with Crippen molar-refractivity contribution in [3.8, 4) is 28.5 Å². The Bertz CT molecular complexity index is 1990. The molecule has 0 spiro atoms. The Morgan fingerprint density at radius 3 is 2.53 bits per heavy atom. The summed E-state index contributed by atoms with van der Waals surface area (Å²) >= 11 is 0. The minimum atomic E-state index is 0.0769. The SMILES string of the molecule is COc1cc(C(=O)N2CC3CCC2C3)cc2nc(-c3cc4ccc(-c5ccc(/C(=N/N)NN)cc5)nc4n3CC3CC3)n(C)c12. The van der Waals surface area contributed by atoms with Crippen molar-refractivity contribution >= 4 is 33.8 Å². The molecule has 2 aromatic carbocycles. The van der Waals surface area contributed by atoms with Crippen LogP contribution in [0.2, 0.25) is 0 Å². The molecule has 2 bridgehead atoms. The number of benzene rings is 2. The predicted octanol–water partition coefficient (Wildman–Crippen LogP) is 4.38. The van der Waals surface area contributed by atoms with Gasteiger partial charge in [-0.1, -0.05) is 24.3 Å². The molecule has 1 saturated heterocycles. The van der Waals surface area contributed by atoms with Crippen molar-refractivity contribution in [2.75, 3.05) is 13.7 Å². The molecule has 1 amide bonds. The number of carbonyl (C=O) groups is 1. The molecule has 230 valence electrons. The number of hydrazine groups is 1. The smallest absolute Gasteiger partial charge is 0.254 e. The highest BCUT2D eigenvalue weighted by Gasteiger charge is 2.40. The van der Waals surface area contributed by atoms with Crippen LogP contribution in [0.1, 0.15) is 48.0 Å². The second-order valence-electron chi connectivity index (χ2n) is 12.7. The highest BCUT2D eigenvalue weighted by molar-refractivity contribution is 6.01. The zero-order chi connectivity index (χ0) is 30.8. The fourth-order valence-corrected chi connectivity index (χ4v) is 7.37. The number of hydrazone groups is 1. The van der Waals surface area contributed by atoms with Crippen LogP contribution in [0.5, 0.6) is 5.75 Å². The molecule has 5 N–H and O–H groups in total. The first-order valence-electron chi connectivity index (χ1n) is 15.7. The molecule has 11 nitrogen and oxygen atoms in total. The molecule has 45 heavy (non-hydrogen) atoms. The van der Waals surface area contributed by atoms with E-state index >= 15 is 0 Å². The number of hydrogen-bond donors (Lipinski definition) is 3. The van der Waals surface area contributed by atoms with Crippen molar-refractivity contribution in [2.24, 2.45) is 35.7 Å². The maximum atomic E-state index is 13.6. The summed E-state index contributed by atoms with van der Waals surface area (Å²) in [6.45, 7) is 1.72. The Balaban J connectivity index is 1.21. The van der Waals surface area contributed by atoms with E-state index in [1.165, 1.54) is 19.3 Å². The van der Waals surface area contributed by atoms with Crippen molar-refractivity contribution in [1.82, 2.24) is 29.4 Å². The van der Waals surface area contributed by atoms with Crippen molar-refractivity contribution in [1.29, 1.82) is 0 Å². The largest absolute Gasteiger partial charge is 0.494 e. The number of hydrogen-bond acceptors (Lipinski definition) is 7. The number of ether oxygens (including phenoxy) is 1. The number of aryl methyl sites for hydroxylation is 1. The Morgan fingerprint density at radius 2 is 1.87 bits per heavy atom. The molecule has 11 heteroatoms. The minimum absolute atomic E-state index is 0.0769. The van der Waals surface area contributed by atoms with Gasteiger partial charge >= 0.3 is 0 Å². The summed E-state index contributed by atoms with van der Waals surface area (Å²) in [6.07, 6.45) is 5.88. The molecule has 2 unspecified atom stereocenters. The highest BCUT2D eigenvalue weighted by Crippen LogP contribution is 2.40. The molecule has 3 aromatic heterocycles. The van der Waals surface area contributed by atoms with Crippen molar-refractivity contribution in [3.63, 3.8) is 0 Å². The number of nitrogens with one attached hydrogen (secondary N) is 1. The lowest BCUT2D eigenvalue weighted by Crippen LogP contribution is -2.37. The van der Waals surface area contributed by atoms with Crippen molar-refractivity contribution in [2.45, 2.75) is 44.7 Å². The summed E-state index contributed by atoms with van der Waals surface area (Å²) in [5.74, 6) is 14.2. The van der Waals surface area contributed by atoms with E-state index in [4.69, 9.17) is 26.4 Å². The van der Waals surface area contributed by atoms with Crippen LogP contribution < -0.4 is 21.8 Å². The van der Waals surface area contributed by atoms with Gasteiger partial charge in [0.2, 0.25) is 0 Å². The van der Waals surface area contributed by atoms with Gasteiger partial charge in [0.25, 0.3) is 5.91 Å². The summed E-state index contributed by atoms with van der Waals surface area (Å²) in [4.78, 5) is 26.0. The average molecular weight is 604 g/mol. The van der Waals surface area contributed by atoms with E-state index in [2.05, 4.69) is 36.7 Å². The number of piperidine rings is 1. The van der Waals surface area contributed by atoms with Crippen LogP contribution in [0.25, 0.3) is 44.8 Å². The molecule has 2 atom stereocenters. The fraction of sp³-hybridized carbons (Fsp3) is 0.353. The first-order chi connectivity index (χ1) is 21.9. The van der Waals surface area contributed by atoms with E-state index in [-0.39, 0.29) is 5.91 Å². The first-order valence-corrected chi connectivity index (χ1v) is 15.7. The molecule has 3 aliphatic rings. The van der Waals surface area contributed by atoms with Crippen LogP contribution in [0.15, 0.2) is 59.7 Å². The quantitative estimate of drug-likeness (QED) is 0.108. The van der Waals surface area contributed by atoms with E-state index in [9.17, 15) is 4.79 Å². The molecule has 3 fully saturated rings. The van der Waals surface area contributed by atoms with E-state index in [1.807, 2.05) is 49.5 Å². The van der Waals surface area contributed by atoms with Crippen molar-refractivity contribution in [3.05, 3.63) is 65.7 Å². The lowest BCUT2D eigenvalue weighted by atomic mass is 10.1. The summed E-state index contributed by atoms with van der Waals surface area (Å²) in [5.41, 5.74) is 9.34. The number of imidazole rings is 1. The number of amidine groups is 1. The number of nitrogens with zero attached hydrogens (tertiary/aromatic N) is 6. The van der Waals surface area contributed by atoms with E-state index in [1.54, 1.807) is 7.11 Å². The molecular weight excluding hydrogens is 566 g/mol. The third-order valence-corrected chi connectivity index (χ3v) is 9.90. The number of nitrogens with two attached hydrogens (primary N) is 2. The number of likely N-dealkylation sites (tertiary alicyclic amines) is 1. The number of fused-ring (bicyclic) bond motifs is 4. The number of pyridine rings is 1. The minimum Gasteiger partial charge on any atom is -0.494 e. The fourth-order valence-electron chi connectivity index (χ4n) is 7.37. The van der Waals surface area contributed by atoms with Gasteiger partial charge in [-0.25, -0.2) is 15.8 Å². The van der Waals surface area contributed by atoms with Gasteiger partial charge in [0.15, 0.2) is 11.7 Å². The Hall–Kier alpha value is -4.90. The topological polar surface area (TPSA) is 142 Å². The number of aromatic nitrogens is 4. The summed E-state index contributed by atoms with van der Waals surface area (Å²) in [6, 6.07) is 18.3. The van der Waals surface area contributed by atoms with Crippen LogP contribution in [-0.2, 0) is 13.6 Å². The lowest BCUT2D eigenvalue weighted by Gasteiger charge is -2.27. The predicted molar refractivity (Wildman–Crippen MR) is 174 cm³/mol. The van der Waals surface area contributed by atoms with Gasteiger partial charge in [-0.05, 0) is 74.3 Å². The number of amides is 1. The second kappa shape index (κ2) is 10.6. The van der Waals surface area contributed by atoms with Crippen LogP contribution in [0.3, 0.4) is 0 Å². The van der Waals surface area contributed by atoms with Gasteiger partial charge < -0.3 is 30.0 Å². The zero-order valence-corrected chi connectivity index (χ0v) is 25.5. The third-order valence-electron chi connectivity index (χ3n) is 9.90. The van der Waals surface area contributed by atoms with Crippen LogP contribution in [0.4, 0.5) is 0 Å². The van der Waals surface area contributed by atoms with Crippen LogP contribution in [0, 0.1) is 11.8 Å². The van der Waals surface area contributed by atoms with Crippen LogP contribution >= 0.6 is 0 Å². The van der Waals surface area contributed by atoms with Gasteiger partial charge in [0.05, 0.1) is 24.0 Å². The van der Waals surface area contributed by atoms with Gasteiger partial charge in [0.1, 0.15) is 16.9 Å². The van der Waals surface area contributed by atoms with Gasteiger partial charge in [-0.2, -0.15) is 5.10 Å². The molecule has 4 heterocycles. The molecule has 0 radical (unpaired) electrons. The maximum absolute atomic E-state index is 13.6. The number of carbonyl (C=O) groups excluding carboxylic acids is 1. The first kappa shape index (κ1) is 27.6. The maximum Gasteiger partial charge on any atom is 0.254 e. The summed E-state index contributed by atoms with van der Waals surface area (Å²) < 4.78 is 10.3. The highest BCUT2D eigenvalue weighted by atomic mass is 16.5. The van der Waals surface area contributed by atoms with E-state index in [0.29, 0.717) is 35.0 Å². The molecule has 2 saturated carbocycles. The molecule has 1 aliphatic heterocycles. The van der Waals surface area contributed by atoms with Crippen molar-refractivity contribution < 1.29 is 9.53 Å². The zero-order valence-electron chi connectivity index (χ0n) is 25.5. The number of methoxy groups -OCH3 is 1. The number of rotatable bonds is 7. The normalized spacial score (nSPS) is 19.6. The Morgan fingerprint density at radius 1 is 1.04 bits per heavy atom. The van der Waals surface area contributed by atoms with Crippen LogP contribution in [-0.4, -0.2) is 55.4 Å². The molecular formula is C34H37N9O2. The Kier molecular flexibility index (Phi) is 6.52. The van der Waals surface area contributed by atoms with Gasteiger partial charge in [-0.15, -0.1) is 0 Å². The van der Waals surface area contributed by atoms with Gasteiger partial charge in [-0.3, -0.25) is 4.79 Å². The van der Waals surface area contributed by atoms with E-state index < -0.39 is 0 Å². The average Bonchev–Trinajstić information content (AvgIpc) is 3.35. The summed E-state index contributed by atoms with van der Waals surface area (Å²) in [7, 11) is 3.68. The Labute approximate surface area is 260 Å². The molecule has 2 aliphatic carbocycles. The second-order valence-corrected chi connectivity index (χ2v) is 12.7. The third kappa shape index (κ3) is 4.61. The monoisotopic (exact) mass is 603 g/mol. The lowest BCUT2D eigenvalue weighted by molar-refractivity contribution is 0.0703. The van der Waals surface area contributed by atoms with E-state index in [0.717, 1.165) is 76.3 Å².